The number of para-hydroxylation sites is 2. The summed E-state index contributed by atoms with van der Waals surface area (Å²) in [6, 6.07) is 58.1. The van der Waals surface area contributed by atoms with E-state index in [1.54, 1.807) is 0 Å². The van der Waals surface area contributed by atoms with E-state index >= 15 is 4.79 Å². The number of fused-ring (bicyclic) bond motifs is 11. The molecular weight excluding hydrogens is 637 g/mol. The lowest BCUT2D eigenvalue weighted by Crippen LogP contribution is -2.20. The minimum atomic E-state index is -0.0713. The zero-order chi connectivity index (χ0) is 34.3. The minimum Gasteiger partial charge on any atom is -0.276 e. The number of rotatable bonds is 3. The average molecular weight is 665 g/mol. The fourth-order valence-electron chi connectivity index (χ4n) is 8.17. The first-order valence-corrected chi connectivity index (χ1v) is 17.5. The van der Waals surface area contributed by atoms with Gasteiger partial charge < -0.3 is 0 Å². The fourth-order valence-corrected chi connectivity index (χ4v) is 8.17. The van der Waals surface area contributed by atoms with E-state index in [9.17, 15) is 0 Å². The SMILES string of the molecule is O=c1c2cc3ccccc3cc2c2ccc3c4c5ccccc5ccc4n(-c4nc(-c5ccccc5)c5ccccc5n4)c3c2n1-c1ccccc1. The van der Waals surface area contributed by atoms with E-state index in [2.05, 4.69) is 89.5 Å². The van der Waals surface area contributed by atoms with Crippen LogP contribution in [0.1, 0.15) is 0 Å². The molecule has 0 fully saturated rings. The van der Waals surface area contributed by atoms with Gasteiger partial charge in [0.05, 0.1) is 27.8 Å². The molecular formula is C47H28N4O. The second kappa shape index (κ2) is 10.9. The molecule has 11 aromatic rings. The van der Waals surface area contributed by atoms with Crippen molar-refractivity contribution in [3.05, 3.63) is 180 Å². The lowest BCUT2D eigenvalue weighted by Gasteiger charge is -2.17. The largest absolute Gasteiger partial charge is 0.276 e. The van der Waals surface area contributed by atoms with Crippen molar-refractivity contribution < 1.29 is 0 Å². The summed E-state index contributed by atoms with van der Waals surface area (Å²) < 4.78 is 4.08. The fraction of sp³-hybridized carbons (Fsp3) is 0. The van der Waals surface area contributed by atoms with Gasteiger partial charge in [0, 0.05) is 38.2 Å². The van der Waals surface area contributed by atoms with Crippen LogP contribution in [0.15, 0.2) is 175 Å². The van der Waals surface area contributed by atoms with Gasteiger partial charge in [0.15, 0.2) is 0 Å². The molecule has 242 valence electrons. The lowest BCUT2D eigenvalue weighted by molar-refractivity contribution is 1.00. The zero-order valence-electron chi connectivity index (χ0n) is 27.9. The highest BCUT2D eigenvalue weighted by Crippen LogP contribution is 2.42. The highest BCUT2D eigenvalue weighted by molar-refractivity contribution is 6.28. The lowest BCUT2D eigenvalue weighted by atomic mass is 9.98. The second-order valence-corrected chi connectivity index (χ2v) is 13.4. The van der Waals surface area contributed by atoms with Crippen molar-refractivity contribution in [1.82, 2.24) is 19.1 Å². The summed E-state index contributed by atoms with van der Waals surface area (Å²) in [5.74, 6) is 0.547. The molecule has 0 aliphatic rings. The van der Waals surface area contributed by atoms with Gasteiger partial charge in [-0.15, -0.1) is 0 Å². The number of pyridine rings is 1. The molecule has 0 N–H and O–H groups in total. The van der Waals surface area contributed by atoms with Gasteiger partial charge in [-0.25, -0.2) is 9.97 Å². The van der Waals surface area contributed by atoms with Crippen LogP contribution in [0.3, 0.4) is 0 Å². The molecule has 52 heavy (non-hydrogen) atoms. The molecule has 11 rings (SSSR count). The van der Waals surface area contributed by atoms with Crippen LogP contribution in [0.25, 0.3) is 98.8 Å². The summed E-state index contributed by atoms with van der Waals surface area (Å²) in [7, 11) is 0. The maximum absolute atomic E-state index is 15.0. The normalized spacial score (nSPS) is 11.9. The Labute approximate surface area is 297 Å². The number of hydrogen-bond acceptors (Lipinski definition) is 3. The Morgan fingerprint density at radius 3 is 1.83 bits per heavy atom. The Hall–Kier alpha value is -7.11. The monoisotopic (exact) mass is 664 g/mol. The maximum Gasteiger partial charge on any atom is 0.263 e. The van der Waals surface area contributed by atoms with Crippen molar-refractivity contribution in [2.45, 2.75) is 0 Å². The van der Waals surface area contributed by atoms with Crippen molar-refractivity contribution >= 4 is 75.9 Å². The molecule has 5 heteroatoms. The molecule has 3 aromatic heterocycles. The molecule has 0 spiro atoms. The van der Waals surface area contributed by atoms with Crippen LogP contribution in [-0.4, -0.2) is 19.1 Å². The van der Waals surface area contributed by atoms with Crippen LogP contribution in [-0.2, 0) is 0 Å². The quantitative estimate of drug-likeness (QED) is 0.140. The average Bonchev–Trinajstić information content (AvgIpc) is 3.56. The highest BCUT2D eigenvalue weighted by atomic mass is 16.1. The number of nitrogens with zero attached hydrogens (tertiary/aromatic N) is 4. The smallest absolute Gasteiger partial charge is 0.263 e. The predicted molar refractivity (Wildman–Crippen MR) is 215 cm³/mol. The molecule has 3 heterocycles. The highest BCUT2D eigenvalue weighted by Gasteiger charge is 2.24. The molecule has 0 bridgehead atoms. The first-order valence-electron chi connectivity index (χ1n) is 17.5. The van der Waals surface area contributed by atoms with E-state index in [0.29, 0.717) is 11.3 Å². The van der Waals surface area contributed by atoms with Crippen molar-refractivity contribution in [2.24, 2.45) is 0 Å². The Kier molecular flexibility index (Phi) is 6.04. The van der Waals surface area contributed by atoms with E-state index in [0.717, 1.165) is 87.5 Å². The Morgan fingerprint density at radius 2 is 1.04 bits per heavy atom. The van der Waals surface area contributed by atoms with Crippen molar-refractivity contribution in [1.29, 1.82) is 0 Å². The van der Waals surface area contributed by atoms with Gasteiger partial charge in [0.25, 0.3) is 5.56 Å². The van der Waals surface area contributed by atoms with Gasteiger partial charge in [-0.3, -0.25) is 13.9 Å². The Morgan fingerprint density at radius 1 is 0.423 bits per heavy atom. The Balaban J connectivity index is 1.41. The Bertz CT molecular complexity index is 3310. The molecule has 8 aromatic carbocycles. The molecule has 0 atom stereocenters. The van der Waals surface area contributed by atoms with Gasteiger partial charge in [-0.05, 0) is 63.3 Å². The summed E-state index contributed by atoms with van der Waals surface area (Å²) in [5, 5.41) is 10.1. The maximum atomic E-state index is 15.0. The van der Waals surface area contributed by atoms with Crippen LogP contribution in [0.4, 0.5) is 0 Å². The zero-order valence-corrected chi connectivity index (χ0v) is 27.9. The van der Waals surface area contributed by atoms with Gasteiger partial charge in [0.1, 0.15) is 0 Å². The van der Waals surface area contributed by atoms with Crippen molar-refractivity contribution in [3.8, 4) is 22.9 Å². The predicted octanol–water partition coefficient (Wildman–Crippen LogP) is 11.2. The first-order chi connectivity index (χ1) is 25.7. The van der Waals surface area contributed by atoms with Crippen LogP contribution in [0, 0.1) is 0 Å². The third kappa shape index (κ3) is 4.08. The molecule has 0 amide bonds. The third-order valence-corrected chi connectivity index (χ3v) is 10.5. The van der Waals surface area contributed by atoms with Gasteiger partial charge in [-0.2, -0.15) is 0 Å². The van der Waals surface area contributed by atoms with Crippen molar-refractivity contribution in [3.63, 3.8) is 0 Å². The summed E-state index contributed by atoms with van der Waals surface area (Å²) in [4.78, 5) is 25.7. The van der Waals surface area contributed by atoms with Gasteiger partial charge in [-0.1, -0.05) is 133 Å². The second-order valence-electron chi connectivity index (χ2n) is 13.4. The molecule has 0 unspecified atom stereocenters. The topological polar surface area (TPSA) is 52.7 Å². The van der Waals surface area contributed by atoms with Crippen LogP contribution in [0.2, 0.25) is 0 Å². The third-order valence-electron chi connectivity index (χ3n) is 10.5. The van der Waals surface area contributed by atoms with Crippen LogP contribution >= 0.6 is 0 Å². The van der Waals surface area contributed by atoms with E-state index < -0.39 is 0 Å². The van der Waals surface area contributed by atoms with E-state index in [1.807, 2.05) is 89.5 Å². The summed E-state index contributed by atoms with van der Waals surface area (Å²) in [5.41, 5.74) is 6.11. The number of benzene rings is 8. The minimum absolute atomic E-state index is 0.0713. The van der Waals surface area contributed by atoms with Gasteiger partial charge in [0.2, 0.25) is 5.95 Å². The van der Waals surface area contributed by atoms with Crippen LogP contribution < -0.4 is 5.56 Å². The van der Waals surface area contributed by atoms with E-state index in [4.69, 9.17) is 9.97 Å². The molecule has 0 saturated heterocycles. The summed E-state index contributed by atoms with van der Waals surface area (Å²) in [6.45, 7) is 0. The molecule has 0 aliphatic carbocycles. The standard InChI is InChI=1S/C47H28N4O/c52-46-39-28-32-17-8-7-16-31(32)27-38(39)35-24-25-37-42-34-20-10-9-13-29(34)23-26-41(42)51(45(37)44(35)50(46)33-18-5-2-6-19-33)47-48-40-22-12-11-21-36(40)43(49-47)30-14-3-1-4-15-30/h1-28H. The first kappa shape index (κ1) is 28.7. The van der Waals surface area contributed by atoms with E-state index in [-0.39, 0.29) is 5.56 Å². The van der Waals surface area contributed by atoms with Crippen molar-refractivity contribution in [2.75, 3.05) is 0 Å². The van der Waals surface area contributed by atoms with Crippen LogP contribution in [0.5, 0.6) is 0 Å². The molecule has 0 saturated carbocycles. The molecule has 0 radical (unpaired) electrons. The molecule has 0 aliphatic heterocycles. The number of aromatic nitrogens is 4. The summed E-state index contributed by atoms with van der Waals surface area (Å²) >= 11 is 0. The molecule has 5 nitrogen and oxygen atoms in total. The van der Waals surface area contributed by atoms with E-state index in [1.165, 1.54) is 0 Å². The number of hydrogen-bond donors (Lipinski definition) is 0. The summed E-state index contributed by atoms with van der Waals surface area (Å²) in [6.07, 6.45) is 0. The van der Waals surface area contributed by atoms with Gasteiger partial charge >= 0.3 is 0 Å².